The highest BCUT2D eigenvalue weighted by Crippen LogP contribution is 2.24. The van der Waals surface area contributed by atoms with Gasteiger partial charge in [0.2, 0.25) is 0 Å². The van der Waals surface area contributed by atoms with Gasteiger partial charge in [0.15, 0.2) is 0 Å². The second-order valence-electron chi connectivity index (χ2n) is 5.65. The van der Waals surface area contributed by atoms with Crippen molar-refractivity contribution in [3.8, 4) is 6.07 Å². The van der Waals surface area contributed by atoms with Crippen molar-refractivity contribution in [1.29, 1.82) is 5.26 Å². The molecule has 0 atom stereocenters. The molecule has 0 radical (unpaired) electrons. The van der Waals surface area contributed by atoms with Crippen molar-refractivity contribution in [2.45, 2.75) is 13.8 Å². The number of allylic oxidation sites excluding steroid dienone is 1. The third-order valence-electron chi connectivity index (χ3n) is 3.86. The third-order valence-corrected chi connectivity index (χ3v) is 3.86. The van der Waals surface area contributed by atoms with Gasteiger partial charge < -0.3 is 5.32 Å². The van der Waals surface area contributed by atoms with Crippen LogP contribution in [-0.4, -0.2) is 16.1 Å². The zero-order valence-corrected chi connectivity index (χ0v) is 13.5. The van der Waals surface area contributed by atoms with Crippen molar-refractivity contribution in [2.24, 2.45) is 0 Å². The van der Waals surface area contributed by atoms with Crippen LogP contribution < -0.4 is 5.32 Å². The highest BCUT2D eigenvalue weighted by molar-refractivity contribution is 6.08. The molecule has 0 aliphatic rings. The van der Waals surface area contributed by atoms with E-state index in [0.717, 1.165) is 16.6 Å². The van der Waals surface area contributed by atoms with Crippen molar-refractivity contribution in [1.82, 2.24) is 10.2 Å². The van der Waals surface area contributed by atoms with Gasteiger partial charge in [-0.2, -0.15) is 10.4 Å². The van der Waals surface area contributed by atoms with Crippen molar-refractivity contribution >= 4 is 28.1 Å². The van der Waals surface area contributed by atoms with Gasteiger partial charge in [0.05, 0.1) is 17.1 Å². The zero-order chi connectivity index (χ0) is 17.3. The quantitative estimate of drug-likeness (QED) is 0.765. The van der Waals surface area contributed by atoms with E-state index in [9.17, 15) is 10.1 Å². The molecule has 1 amide bonds. The molecule has 1 aromatic heterocycles. The minimum Gasteiger partial charge on any atom is -0.322 e. The van der Waals surface area contributed by atoms with Crippen LogP contribution in [0.25, 0.3) is 16.5 Å². The summed E-state index contributed by atoms with van der Waals surface area (Å²) in [7, 11) is 0. The van der Waals surface area contributed by atoms with Gasteiger partial charge in [0.25, 0.3) is 5.91 Å². The smallest absolute Gasteiger partial charge is 0.256 e. The fourth-order valence-corrected chi connectivity index (χ4v) is 2.71. The first kappa shape index (κ1) is 15.5. The monoisotopic (exact) mass is 316 g/mol. The molecule has 5 nitrogen and oxygen atoms in total. The highest BCUT2D eigenvalue weighted by atomic mass is 16.1. The molecule has 3 aromatic rings. The van der Waals surface area contributed by atoms with E-state index in [4.69, 9.17) is 0 Å². The number of H-pyrrole nitrogens is 1. The number of aromatic nitrogens is 2. The maximum atomic E-state index is 12.7. The Labute approximate surface area is 139 Å². The number of rotatable bonds is 3. The number of nitriles is 1. The number of carbonyl (C=O) groups excluding carboxylic acids is 1. The molecule has 118 valence electrons. The molecule has 2 N–H and O–H groups in total. The summed E-state index contributed by atoms with van der Waals surface area (Å²) in [5, 5.41) is 20.2. The largest absolute Gasteiger partial charge is 0.322 e. The van der Waals surface area contributed by atoms with E-state index in [1.165, 1.54) is 0 Å². The molecule has 3 rings (SSSR count). The van der Waals surface area contributed by atoms with E-state index < -0.39 is 0 Å². The number of aryl methyl sites for hydroxylation is 1. The summed E-state index contributed by atoms with van der Waals surface area (Å²) in [5.41, 5.74) is 4.60. The van der Waals surface area contributed by atoms with Gasteiger partial charge in [-0.05, 0) is 49.8 Å². The summed E-state index contributed by atoms with van der Waals surface area (Å²) in [5.74, 6) is -0.273. The van der Waals surface area contributed by atoms with E-state index in [1.54, 1.807) is 31.2 Å². The van der Waals surface area contributed by atoms with Gasteiger partial charge in [-0.1, -0.05) is 12.6 Å². The highest BCUT2D eigenvalue weighted by Gasteiger charge is 2.16. The molecule has 1 heterocycles. The topological polar surface area (TPSA) is 81.6 Å². The minimum absolute atomic E-state index is 0.273. The number of hydrogen-bond donors (Lipinski definition) is 2. The van der Waals surface area contributed by atoms with E-state index in [2.05, 4.69) is 28.2 Å². The Morgan fingerprint density at radius 1 is 1.33 bits per heavy atom. The van der Waals surface area contributed by atoms with Gasteiger partial charge in [-0.3, -0.25) is 9.89 Å². The van der Waals surface area contributed by atoms with Crippen LogP contribution in [0, 0.1) is 18.3 Å². The Balaban J connectivity index is 1.99. The van der Waals surface area contributed by atoms with Crippen LogP contribution in [0.2, 0.25) is 0 Å². The number of benzene rings is 2. The summed E-state index contributed by atoms with van der Waals surface area (Å²) in [4.78, 5) is 12.7. The molecule has 0 fully saturated rings. The number of nitrogens with one attached hydrogen (secondary N) is 2. The van der Waals surface area contributed by atoms with Gasteiger partial charge in [-0.25, -0.2) is 0 Å². The van der Waals surface area contributed by atoms with Crippen LogP contribution >= 0.6 is 0 Å². The molecule has 0 bridgehead atoms. The lowest BCUT2D eigenvalue weighted by Gasteiger charge is -2.11. The normalized spacial score (nSPS) is 10.4. The predicted molar refractivity (Wildman–Crippen MR) is 94.6 cm³/mol. The van der Waals surface area contributed by atoms with Crippen molar-refractivity contribution < 1.29 is 4.79 Å². The minimum atomic E-state index is -0.273. The van der Waals surface area contributed by atoms with E-state index in [1.807, 2.05) is 19.1 Å². The summed E-state index contributed by atoms with van der Waals surface area (Å²) < 4.78 is 0. The maximum absolute atomic E-state index is 12.7. The first-order valence-corrected chi connectivity index (χ1v) is 7.46. The Morgan fingerprint density at radius 3 is 2.83 bits per heavy atom. The van der Waals surface area contributed by atoms with Crippen LogP contribution in [0.5, 0.6) is 0 Å². The van der Waals surface area contributed by atoms with E-state index >= 15 is 0 Å². The fraction of sp³-hybridized carbons (Fsp3) is 0.105. The molecule has 2 aromatic carbocycles. The lowest BCUT2D eigenvalue weighted by molar-refractivity contribution is 0.102. The Morgan fingerprint density at radius 2 is 2.12 bits per heavy atom. The maximum Gasteiger partial charge on any atom is 0.256 e. The molecule has 0 spiro atoms. The van der Waals surface area contributed by atoms with Crippen LogP contribution in [0.4, 0.5) is 5.69 Å². The summed E-state index contributed by atoms with van der Waals surface area (Å²) in [6.45, 7) is 7.60. The molecule has 0 saturated heterocycles. The van der Waals surface area contributed by atoms with Crippen molar-refractivity contribution in [2.75, 3.05) is 5.32 Å². The standard InChI is InChI=1S/C19H16N4O/c1-11(2)18-13(10-20)5-4-6-15(18)19(24)21-14-7-8-17-16(9-14)12(3)22-23-17/h4-9H,1H2,2-3H3,(H,21,24)(H,22,23). The fourth-order valence-electron chi connectivity index (χ4n) is 2.71. The summed E-state index contributed by atoms with van der Waals surface area (Å²) >= 11 is 0. The van der Waals surface area contributed by atoms with Gasteiger partial charge in [0, 0.05) is 27.9 Å². The number of nitrogens with zero attached hydrogens (tertiary/aromatic N) is 2. The number of hydrogen-bond acceptors (Lipinski definition) is 3. The second kappa shape index (κ2) is 6.01. The number of amides is 1. The van der Waals surface area contributed by atoms with Crippen LogP contribution in [-0.2, 0) is 0 Å². The van der Waals surface area contributed by atoms with Crippen LogP contribution in [0.1, 0.15) is 34.1 Å². The molecule has 5 heteroatoms. The zero-order valence-electron chi connectivity index (χ0n) is 13.5. The van der Waals surface area contributed by atoms with E-state index in [0.29, 0.717) is 28.0 Å². The Hall–Kier alpha value is -3.39. The lowest BCUT2D eigenvalue weighted by Crippen LogP contribution is -2.14. The summed E-state index contributed by atoms with van der Waals surface area (Å²) in [6.07, 6.45) is 0. The molecular weight excluding hydrogens is 300 g/mol. The molecule has 0 aliphatic heterocycles. The predicted octanol–water partition coefficient (Wildman–Crippen LogP) is 4.03. The van der Waals surface area contributed by atoms with Crippen molar-refractivity contribution in [3.05, 3.63) is 65.4 Å². The number of carbonyl (C=O) groups is 1. The van der Waals surface area contributed by atoms with Gasteiger partial charge in [0.1, 0.15) is 0 Å². The molecular formula is C19H16N4O. The van der Waals surface area contributed by atoms with Crippen LogP contribution in [0.15, 0.2) is 43.0 Å². The summed E-state index contributed by atoms with van der Waals surface area (Å²) in [6, 6.07) is 12.7. The van der Waals surface area contributed by atoms with Gasteiger partial charge in [-0.15, -0.1) is 0 Å². The number of aromatic amines is 1. The Kier molecular flexibility index (Phi) is 3.88. The average Bonchev–Trinajstić information content (AvgIpc) is 2.94. The third kappa shape index (κ3) is 2.66. The molecule has 0 aliphatic carbocycles. The molecule has 24 heavy (non-hydrogen) atoms. The molecule has 0 saturated carbocycles. The second-order valence-corrected chi connectivity index (χ2v) is 5.65. The first-order valence-electron chi connectivity index (χ1n) is 7.46. The SMILES string of the molecule is C=C(C)c1c(C#N)cccc1C(=O)Nc1ccc2n[nH]c(C)c2c1. The Bertz CT molecular complexity index is 1010. The molecule has 0 unspecified atom stereocenters. The number of anilines is 1. The number of fused-ring (bicyclic) bond motifs is 1. The van der Waals surface area contributed by atoms with E-state index in [-0.39, 0.29) is 5.91 Å². The lowest BCUT2D eigenvalue weighted by atomic mass is 9.96. The average molecular weight is 316 g/mol. The van der Waals surface area contributed by atoms with Crippen molar-refractivity contribution in [3.63, 3.8) is 0 Å². The van der Waals surface area contributed by atoms with Gasteiger partial charge >= 0.3 is 0 Å². The first-order chi connectivity index (χ1) is 11.5. The van der Waals surface area contributed by atoms with Crippen LogP contribution in [0.3, 0.4) is 0 Å².